The van der Waals surface area contributed by atoms with Crippen LogP contribution in [0.3, 0.4) is 0 Å². The molecule has 1 aliphatic rings. The maximum Gasteiger partial charge on any atom is 0.338 e. The Hall–Kier alpha value is -2.42. The fourth-order valence-corrected chi connectivity index (χ4v) is 2.65. The molecule has 2 amide bonds. The lowest BCUT2D eigenvalue weighted by Crippen LogP contribution is -2.46. The molecule has 1 heterocycles. The van der Waals surface area contributed by atoms with Crippen LogP contribution in [0, 0.1) is 10.1 Å². The Morgan fingerprint density at radius 1 is 1.39 bits per heavy atom. The highest BCUT2D eigenvalue weighted by Gasteiger charge is 2.33. The number of esters is 1. The highest BCUT2D eigenvalue weighted by Crippen LogP contribution is 2.29. The Labute approximate surface area is 140 Å². The first kappa shape index (κ1) is 16.9. The molecule has 0 saturated heterocycles. The summed E-state index contributed by atoms with van der Waals surface area (Å²) in [6.45, 7) is 1.88. The van der Waals surface area contributed by atoms with Crippen molar-refractivity contribution < 1.29 is 19.2 Å². The third kappa shape index (κ3) is 3.67. The van der Waals surface area contributed by atoms with Crippen molar-refractivity contribution in [2.24, 2.45) is 0 Å². The lowest BCUT2D eigenvalue weighted by Gasteiger charge is -2.28. The number of nitro groups is 1. The first-order valence-electron chi connectivity index (χ1n) is 6.76. The summed E-state index contributed by atoms with van der Waals surface area (Å²) in [7, 11) is 0. The normalized spacial score (nSPS) is 17.3. The Morgan fingerprint density at radius 2 is 2.04 bits per heavy atom. The van der Waals surface area contributed by atoms with Gasteiger partial charge in [0.2, 0.25) is 0 Å². The monoisotopic (exact) mass is 383 g/mol. The fourth-order valence-electron chi connectivity index (χ4n) is 2.21. The Kier molecular flexibility index (Phi) is 5.32. The van der Waals surface area contributed by atoms with Gasteiger partial charge in [0.25, 0.3) is 5.69 Å². The lowest BCUT2D eigenvalue weighted by molar-refractivity contribution is -0.384. The number of amides is 2. The van der Waals surface area contributed by atoms with Crippen molar-refractivity contribution in [2.75, 3.05) is 11.9 Å². The van der Waals surface area contributed by atoms with Gasteiger partial charge in [-0.25, -0.2) is 9.59 Å². The number of benzene rings is 1. The average Bonchev–Trinajstić information content (AvgIpc) is 2.54. The van der Waals surface area contributed by atoms with E-state index >= 15 is 0 Å². The predicted octanol–water partition coefficient (Wildman–Crippen LogP) is 2.16. The first-order valence-corrected chi connectivity index (χ1v) is 7.88. The molecule has 0 bridgehead atoms. The van der Waals surface area contributed by atoms with Crippen LogP contribution in [0.5, 0.6) is 0 Å². The van der Waals surface area contributed by atoms with E-state index in [1.807, 2.05) is 0 Å². The molecular weight excluding hydrogens is 370 g/mol. The van der Waals surface area contributed by atoms with E-state index < -0.39 is 23.0 Å². The minimum Gasteiger partial charge on any atom is -0.463 e. The van der Waals surface area contributed by atoms with Crippen molar-refractivity contribution in [3.05, 3.63) is 51.2 Å². The van der Waals surface area contributed by atoms with Gasteiger partial charge in [0.15, 0.2) is 0 Å². The Balaban J connectivity index is 2.45. The van der Waals surface area contributed by atoms with Crippen LogP contribution in [0.4, 0.5) is 10.5 Å². The van der Waals surface area contributed by atoms with Crippen LogP contribution in [-0.2, 0) is 9.53 Å². The van der Waals surface area contributed by atoms with Crippen molar-refractivity contribution >= 4 is 33.6 Å². The molecule has 0 saturated carbocycles. The largest absolute Gasteiger partial charge is 0.463 e. The van der Waals surface area contributed by atoms with Gasteiger partial charge in [-0.2, -0.15) is 0 Å². The van der Waals surface area contributed by atoms with E-state index in [9.17, 15) is 19.7 Å². The number of nitrogens with zero attached hydrogens (tertiary/aromatic N) is 1. The number of hydrogen-bond donors (Lipinski definition) is 2. The zero-order chi connectivity index (χ0) is 17.0. The zero-order valence-corrected chi connectivity index (χ0v) is 13.8. The number of rotatable bonds is 5. The molecule has 1 aliphatic heterocycles. The van der Waals surface area contributed by atoms with E-state index in [0.29, 0.717) is 11.3 Å². The number of nitro benzene ring substituents is 1. The standard InChI is InChI=1S/C14H14BrN3O5/c1-2-23-13(19)11-10(7-15)16-14(20)17-12(11)8-3-5-9(6-4-8)18(21)22/h3-6,12H,2,7H2,1H3,(H2,16,17,20). The van der Waals surface area contributed by atoms with Gasteiger partial charge in [-0.05, 0) is 24.6 Å². The average molecular weight is 384 g/mol. The quantitative estimate of drug-likeness (QED) is 0.350. The summed E-state index contributed by atoms with van der Waals surface area (Å²) in [5.74, 6) is -0.558. The van der Waals surface area contributed by atoms with E-state index in [0.717, 1.165) is 0 Å². The Bertz CT molecular complexity index is 671. The third-order valence-electron chi connectivity index (χ3n) is 3.22. The number of carbonyl (C=O) groups excluding carboxylic acids is 2. The number of halogens is 1. The molecule has 23 heavy (non-hydrogen) atoms. The third-order valence-corrected chi connectivity index (χ3v) is 3.78. The molecular formula is C14H14BrN3O5. The van der Waals surface area contributed by atoms with Gasteiger partial charge in [0.1, 0.15) is 0 Å². The molecule has 2 rings (SSSR count). The van der Waals surface area contributed by atoms with Crippen molar-refractivity contribution in [1.82, 2.24) is 10.6 Å². The van der Waals surface area contributed by atoms with Gasteiger partial charge in [-0.3, -0.25) is 10.1 Å². The molecule has 1 aromatic carbocycles. The van der Waals surface area contributed by atoms with Gasteiger partial charge < -0.3 is 15.4 Å². The second-order valence-electron chi connectivity index (χ2n) is 4.63. The maximum atomic E-state index is 12.2. The summed E-state index contributed by atoms with van der Waals surface area (Å²) in [4.78, 5) is 34.2. The van der Waals surface area contributed by atoms with E-state index in [2.05, 4.69) is 26.6 Å². The molecule has 0 fully saturated rings. The van der Waals surface area contributed by atoms with Gasteiger partial charge in [-0.15, -0.1) is 0 Å². The minimum absolute atomic E-state index is 0.0728. The van der Waals surface area contributed by atoms with Crippen LogP contribution >= 0.6 is 15.9 Å². The van der Waals surface area contributed by atoms with Gasteiger partial charge >= 0.3 is 12.0 Å². The molecule has 9 heteroatoms. The molecule has 0 aromatic heterocycles. The second-order valence-corrected chi connectivity index (χ2v) is 5.19. The summed E-state index contributed by atoms with van der Waals surface area (Å²) in [6, 6.07) is 4.44. The molecule has 8 nitrogen and oxygen atoms in total. The lowest BCUT2D eigenvalue weighted by atomic mass is 9.95. The van der Waals surface area contributed by atoms with Crippen molar-refractivity contribution in [1.29, 1.82) is 0 Å². The van der Waals surface area contributed by atoms with Gasteiger partial charge in [0, 0.05) is 23.2 Å². The number of nitrogens with one attached hydrogen (secondary N) is 2. The molecule has 0 aliphatic carbocycles. The molecule has 1 unspecified atom stereocenters. The predicted molar refractivity (Wildman–Crippen MR) is 85.0 cm³/mol. The highest BCUT2D eigenvalue weighted by molar-refractivity contribution is 9.09. The number of hydrogen-bond acceptors (Lipinski definition) is 5. The topological polar surface area (TPSA) is 111 Å². The van der Waals surface area contributed by atoms with Crippen LogP contribution < -0.4 is 10.6 Å². The molecule has 0 radical (unpaired) electrons. The number of allylic oxidation sites excluding steroid dienone is 1. The van der Waals surface area contributed by atoms with Crippen LogP contribution in [0.15, 0.2) is 35.5 Å². The number of carbonyl (C=O) groups is 2. The van der Waals surface area contributed by atoms with Gasteiger partial charge in [-0.1, -0.05) is 15.9 Å². The summed E-state index contributed by atoms with van der Waals surface area (Å²) in [5, 5.41) is 16.2. The van der Waals surface area contributed by atoms with Crippen molar-refractivity contribution in [3.63, 3.8) is 0 Å². The number of alkyl halides is 1. The number of non-ortho nitro benzene ring substituents is 1. The molecule has 122 valence electrons. The van der Waals surface area contributed by atoms with E-state index in [1.165, 1.54) is 24.3 Å². The summed E-state index contributed by atoms with van der Waals surface area (Å²) in [5.41, 5.74) is 1.14. The Morgan fingerprint density at radius 3 is 2.57 bits per heavy atom. The molecule has 1 atom stereocenters. The summed E-state index contributed by atoms with van der Waals surface area (Å²) >= 11 is 3.23. The maximum absolute atomic E-state index is 12.2. The smallest absolute Gasteiger partial charge is 0.338 e. The van der Waals surface area contributed by atoms with Crippen molar-refractivity contribution in [3.8, 4) is 0 Å². The van der Waals surface area contributed by atoms with Crippen LogP contribution in [-0.4, -0.2) is 28.9 Å². The van der Waals surface area contributed by atoms with E-state index in [1.54, 1.807) is 6.92 Å². The highest BCUT2D eigenvalue weighted by atomic mass is 79.9. The minimum atomic E-state index is -0.740. The van der Waals surface area contributed by atoms with E-state index in [4.69, 9.17) is 4.74 Å². The number of urea groups is 1. The van der Waals surface area contributed by atoms with E-state index in [-0.39, 0.29) is 23.2 Å². The van der Waals surface area contributed by atoms with Crippen LogP contribution in [0.25, 0.3) is 0 Å². The van der Waals surface area contributed by atoms with Crippen LogP contribution in [0.2, 0.25) is 0 Å². The number of ether oxygens (including phenoxy) is 1. The molecule has 2 N–H and O–H groups in total. The van der Waals surface area contributed by atoms with Crippen LogP contribution in [0.1, 0.15) is 18.5 Å². The summed E-state index contributed by atoms with van der Waals surface area (Å²) < 4.78 is 5.05. The second kappa shape index (κ2) is 7.23. The molecule has 1 aromatic rings. The van der Waals surface area contributed by atoms with Gasteiger partial charge in [0.05, 0.1) is 23.1 Å². The SMILES string of the molecule is CCOC(=O)C1=C(CBr)NC(=O)NC1c1ccc([N+](=O)[O-])cc1. The van der Waals surface area contributed by atoms with Crippen molar-refractivity contribution in [2.45, 2.75) is 13.0 Å². The fraction of sp³-hybridized carbons (Fsp3) is 0.286. The molecule has 0 spiro atoms. The first-order chi connectivity index (χ1) is 11.0. The summed E-state index contributed by atoms with van der Waals surface area (Å²) in [6.07, 6.45) is 0. The zero-order valence-electron chi connectivity index (χ0n) is 12.2.